The Bertz CT molecular complexity index is 2160. The molecule has 4 amide bonds. The van der Waals surface area contributed by atoms with Crippen LogP contribution in [0.15, 0.2) is 47.5 Å². The van der Waals surface area contributed by atoms with Crippen LogP contribution in [0.4, 0.5) is 5.69 Å². The Balaban J connectivity index is 0.868. The van der Waals surface area contributed by atoms with Crippen molar-refractivity contribution in [2.45, 2.75) is 103 Å². The van der Waals surface area contributed by atoms with Crippen molar-refractivity contribution in [2.24, 2.45) is 4.99 Å². The van der Waals surface area contributed by atoms with Crippen LogP contribution in [-0.4, -0.2) is 66.7 Å². The molecule has 3 aliphatic rings. The predicted octanol–water partition coefficient (Wildman–Crippen LogP) is 5.90. The zero-order valence-corrected chi connectivity index (χ0v) is 32.7. The normalized spacial score (nSPS) is 19.2. The standard InChI is InChI=1S/C40H45ClN8O5S/c1-22-23(2)55-40-35(22)36(25-13-15-26(41)16-14-25)44-30(37-47-46-24(3)49(37)40)20-34(52)42-19-8-6-4-5-7-12-32(50)43-29-11-9-10-27-28(29)21-48(39(27)54)31-17-18-33(51)45-38(31)53/h9-11,13-16,30-31,39,54H,4-8,12,17-21H2,1-3H3,(H,42,52)(H,43,50)(H,45,51,53)/t30-,31?,39?/m0/s1. The predicted molar refractivity (Wildman–Crippen MR) is 210 cm³/mol. The summed E-state index contributed by atoms with van der Waals surface area (Å²) in [5.74, 6) is 0.460. The summed E-state index contributed by atoms with van der Waals surface area (Å²) in [6.45, 7) is 6.95. The number of aliphatic imine (C=N–C) groups is 1. The molecule has 15 heteroatoms. The first-order valence-electron chi connectivity index (χ1n) is 18.8. The third-order valence-corrected chi connectivity index (χ3v) is 12.1. The number of anilines is 1. The highest BCUT2D eigenvalue weighted by atomic mass is 35.5. The van der Waals surface area contributed by atoms with Gasteiger partial charge in [0, 0.05) is 58.2 Å². The number of nitrogens with zero attached hydrogens (tertiary/aromatic N) is 5. The van der Waals surface area contributed by atoms with Crippen LogP contribution in [0.3, 0.4) is 0 Å². The Morgan fingerprint density at radius 3 is 2.55 bits per heavy atom. The van der Waals surface area contributed by atoms with E-state index in [1.54, 1.807) is 34.4 Å². The molecule has 288 valence electrons. The molecule has 0 bridgehead atoms. The molecule has 5 heterocycles. The maximum atomic E-state index is 13.3. The summed E-state index contributed by atoms with van der Waals surface area (Å²) < 4.78 is 2.04. The van der Waals surface area contributed by atoms with E-state index in [4.69, 9.17) is 16.6 Å². The molecule has 4 aromatic rings. The lowest BCUT2D eigenvalue weighted by atomic mass is 9.99. The third-order valence-electron chi connectivity index (χ3n) is 10.7. The summed E-state index contributed by atoms with van der Waals surface area (Å²) in [6.07, 6.45) is 4.31. The van der Waals surface area contributed by atoms with Gasteiger partial charge in [-0.15, -0.1) is 21.5 Å². The van der Waals surface area contributed by atoms with Gasteiger partial charge in [-0.25, -0.2) is 0 Å². The Morgan fingerprint density at radius 1 is 1.00 bits per heavy atom. The number of aliphatic hydroxyl groups excluding tert-OH is 1. The number of halogens is 1. The quantitative estimate of drug-likeness (QED) is 0.0960. The van der Waals surface area contributed by atoms with Crippen molar-refractivity contribution in [3.05, 3.63) is 91.8 Å². The van der Waals surface area contributed by atoms with Crippen molar-refractivity contribution < 1.29 is 24.3 Å². The fourth-order valence-corrected chi connectivity index (χ4v) is 8.97. The fraction of sp³-hybridized carbons (Fsp3) is 0.425. The summed E-state index contributed by atoms with van der Waals surface area (Å²) in [5, 5.41) is 29.9. The number of benzene rings is 2. The molecule has 0 saturated carbocycles. The Hall–Kier alpha value is -4.76. The topological polar surface area (TPSA) is 171 Å². The number of thiophene rings is 1. The molecule has 13 nitrogen and oxygen atoms in total. The van der Waals surface area contributed by atoms with Crippen LogP contribution in [0.25, 0.3) is 5.00 Å². The minimum atomic E-state index is -0.992. The van der Waals surface area contributed by atoms with E-state index in [-0.39, 0.29) is 30.6 Å². The molecule has 2 aromatic heterocycles. The van der Waals surface area contributed by atoms with Gasteiger partial charge >= 0.3 is 0 Å². The van der Waals surface area contributed by atoms with Crippen molar-refractivity contribution in [1.82, 2.24) is 30.3 Å². The lowest BCUT2D eigenvalue weighted by Crippen LogP contribution is -2.51. The van der Waals surface area contributed by atoms with Gasteiger partial charge in [0.1, 0.15) is 23.1 Å². The van der Waals surface area contributed by atoms with E-state index < -0.39 is 24.2 Å². The third kappa shape index (κ3) is 8.13. The van der Waals surface area contributed by atoms with Crippen LogP contribution in [0.5, 0.6) is 0 Å². The first kappa shape index (κ1) is 38.5. The zero-order valence-electron chi connectivity index (χ0n) is 31.2. The number of unbranched alkanes of at least 4 members (excludes halogenated alkanes) is 4. The number of aromatic nitrogens is 3. The molecule has 0 radical (unpaired) electrons. The van der Waals surface area contributed by atoms with Gasteiger partial charge in [0.05, 0.1) is 18.2 Å². The number of hydrogen-bond donors (Lipinski definition) is 4. The number of carbonyl (C=O) groups is 4. The van der Waals surface area contributed by atoms with E-state index in [1.165, 1.54) is 4.88 Å². The number of fused-ring (bicyclic) bond motifs is 4. The minimum absolute atomic E-state index is 0.105. The first-order chi connectivity index (χ1) is 26.5. The van der Waals surface area contributed by atoms with E-state index in [1.807, 2.05) is 35.8 Å². The first-order valence-corrected chi connectivity index (χ1v) is 20.0. The maximum Gasteiger partial charge on any atom is 0.244 e. The number of piperidine rings is 1. The molecular weight excluding hydrogens is 740 g/mol. The van der Waals surface area contributed by atoms with Crippen LogP contribution in [0.2, 0.25) is 5.02 Å². The summed E-state index contributed by atoms with van der Waals surface area (Å²) in [4.78, 5) is 58.3. The van der Waals surface area contributed by atoms with Crippen molar-refractivity contribution >= 4 is 58.0 Å². The molecule has 0 spiro atoms. The summed E-state index contributed by atoms with van der Waals surface area (Å²) >= 11 is 7.90. The van der Waals surface area contributed by atoms with E-state index in [0.717, 1.165) is 70.9 Å². The fourth-order valence-electron chi connectivity index (χ4n) is 7.63. The summed E-state index contributed by atoms with van der Waals surface area (Å²) in [5.41, 5.74) is 5.95. The van der Waals surface area contributed by atoms with E-state index in [9.17, 15) is 24.3 Å². The molecule has 55 heavy (non-hydrogen) atoms. The van der Waals surface area contributed by atoms with Crippen LogP contribution in [0, 0.1) is 20.8 Å². The molecule has 3 atom stereocenters. The molecule has 2 unspecified atom stereocenters. The highest BCUT2D eigenvalue weighted by Crippen LogP contribution is 2.41. The zero-order chi connectivity index (χ0) is 38.8. The molecule has 0 aliphatic carbocycles. The molecule has 1 fully saturated rings. The monoisotopic (exact) mass is 784 g/mol. The number of aliphatic hydroxyl groups is 1. The van der Waals surface area contributed by atoms with Gasteiger partial charge in [0.2, 0.25) is 23.6 Å². The molecule has 4 N–H and O–H groups in total. The van der Waals surface area contributed by atoms with Crippen LogP contribution < -0.4 is 16.0 Å². The van der Waals surface area contributed by atoms with Crippen LogP contribution >= 0.6 is 22.9 Å². The lowest BCUT2D eigenvalue weighted by Gasteiger charge is -2.31. The molecular formula is C40H45ClN8O5S. The molecule has 1 saturated heterocycles. The van der Waals surface area contributed by atoms with Gasteiger partial charge in [0.15, 0.2) is 5.82 Å². The Kier molecular flexibility index (Phi) is 11.6. The van der Waals surface area contributed by atoms with Crippen molar-refractivity contribution in [3.8, 4) is 5.00 Å². The van der Waals surface area contributed by atoms with Crippen LogP contribution in [-0.2, 0) is 25.7 Å². The van der Waals surface area contributed by atoms with E-state index >= 15 is 0 Å². The van der Waals surface area contributed by atoms with Gasteiger partial charge in [-0.3, -0.25) is 39.0 Å². The lowest BCUT2D eigenvalue weighted by molar-refractivity contribution is -0.141. The average Bonchev–Trinajstić information content (AvgIpc) is 3.77. The van der Waals surface area contributed by atoms with E-state index in [2.05, 4.69) is 40.0 Å². The minimum Gasteiger partial charge on any atom is -0.374 e. The maximum absolute atomic E-state index is 13.3. The van der Waals surface area contributed by atoms with Gasteiger partial charge in [-0.2, -0.15) is 0 Å². The van der Waals surface area contributed by atoms with Gasteiger partial charge in [-0.1, -0.05) is 55.1 Å². The van der Waals surface area contributed by atoms with Crippen molar-refractivity contribution in [3.63, 3.8) is 0 Å². The number of amides is 4. The summed E-state index contributed by atoms with van der Waals surface area (Å²) in [6, 6.07) is 11.9. The van der Waals surface area contributed by atoms with Gasteiger partial charge < -0.3 is 15.7 Å². The Morgan fingerprint density at radius 2 is 1.76 bits per heavy atom. The van der Waals surface area contributed by atoms with E-state index in [0.29, 0.717) is 48.0 Å². The highest BCUT2D eigenvalue weighted by Gasteiger charge is 2.40. The SMILES string of the molecule is Cc1sc2c(c1C)C(c1ccc(Cl)cc1)=N[C@@H](CC(=O)NCCCCCCCC(=O)Nc1cccc3c1CN(C1CCC(=O)NC1=O)C3O)c1nnc(C)n1-2. The molecule has 7 rings (SSSR count). The van der Waals surface area contributed by atoms with Crippen molar-refractivity contribution in [1.29, 1.82) is 0 Å². The summed E-state index contributed by atoms with van der Waals surface area (Å²) in [7, 11) is 0. The number of hydrogen-bond acceptors (Lipinski definition) is 10. The second-order valence-corrected chi connectivity index (χ2v) is 16.1. The Labute approximate surface area is 328 Å². The van der Waals surface area contributed by atoms with Crippen LogP contribution in [0.1, 0.15) is 114 Å². The number of carbonyl (C=O) groups excluding carboxylic acids is 4. The average molecular weight is 785 g/mol. The highest BCUT2D eigenvalue weighted by molar-refractivity contribution is 7.15. The number of imide groups is 1. The largest absolute Gasteiger partial charge is 0.374 e. The number of aryl methyl sites for hydroxylation is 2. The second-order valence-electron chi connectivity index (χ2n) is 14.4. The van der Waals surface area contributed by atoms with Gasteiger partial charge in [0.25, 0.3) is 0 Å². The second kappa shape index (κ2) is 16.5. The molecule has 3 aliphatic heterocycles. The van der Waals surface area contributed by atoms with Gasteiger partial charge in [-0.05, 0) is 69.4 Å². The molecule has 2 aromatic carbocycles. The van der Waals surface area contributed by atoms with Crippen molar-refractivity contribution in [2.75, 3.05) is 11.9 Å². The smallest absolute Gasteiger partial charge is 0.244 e. The number of rotatable bonds is 13. The number of nitrogens with one attached hydrogen (secondary N) is 3.